The van der Waals surface area contributed by atoms with Gasteiger partial charge in [0.05, 0.1) is 14.9 Å². The van der Waals surface area contributed by atoms with Crippen molar-refractivity contribution in [3.8, 4) is 0 Å². The number of halogens is 2. The second-order valence-corrected chi connectivity index (χ2v) is 6.88. The summed E-state index contributed by atoms with van der Waals surface area (Å²) in [7, 11) is 0. The molecule has 0 aliphatic carbocycles. The van der Waals surface area contributed by atoms with E-state index in [-0.39, 0.29) is 11.8 Å². The summed E-state index contributed by atoms with van der Waals surface area (Å²) in [5, 5.41) is 8.54. The van der Waals surface area contributed by atoms with Gasteiger partial charge in [-0.05, 0) is 35.9 Å². The van der Waals surface area contributed by atoms with E-state index in [4.69, 9.17) is 23.2 Å². The molecule has 1 heterocycles. The van der Waals surface area contributed by atoms with E-state index in [9.17, 15) is 9.59 Å². The SMILES string of the molecule is O=C(CCCNC(=O)c1cccs1)NCCc1cccc(Cl)c1Cl. The first-order valence-electron chi connectivity index (χ1n) is 7.59. The van der Waals surface area contributed by atoms with Gasteiger partial charge in [0.25, 0.3) is 5.91 Å². The number of hydrogen-bond donors (Lipinski definition) is 2. The van der Waals surface area contributed by atoms with Gasteiger partial charge in [0.15, 0.2) is 0 Å². The zero-order valence-electron chi connectivity index (χ0n) is 13.0. The largest absolute Gasteiger partial charge is 0.356 e. The van der Waals surface area contributed by atoms with Crippen LogP contribution >= 0.6 is 34.5 Å². The molecule has 2 aromatic rings. The molecular formula is C17H18Cl2N2O2S. The highest BCUT2D eigenvalue weighted by Gasteiger charge is 2.07. The summed E-state index contributed by atoms with van der Waals surface area (Å²) in [6.45, 7) is 0.977. The second-order valence-electron chi connectivity index (χ2n) is 5.15. The van der Waals surface area contributed by atoms with Crippen molar-refractivity contribution in [1.29, 1.82) is 0 Å². The molecule has 2 rings (SSSR count). The molecule has 0 spiro atoms. The summed E-state index contributed by atoms with van der Waals surface area (Å²) in [6.07, 6.45) is 1.59. The summed E-state index contributed by atoms with van der Waals surface area (Å²) >= 11 is 13.4. The van der Waals surface area contributed by atoms with E-state index >= 15 is 0 Å². The van der Waals surface area contributed by atoms with Crippen LogP contribution in [0.5, 0.6) is 0 Å². The molecule has 0 fully saturated rings. The maximum absolute atomic E-state index is 11.8. The molecule has 0 radical (unpaired) electrons. The molecule has 0 aliphatic rings. The molecule has 2 amide bonds. The third-order valence-electron chi connectivity index (χ3n) is 3.36. The topological polar surface area (TPSA) is 58.2 Å². The lowest BCUT2D eigenvalue weighted by molar-refractivity contribution is -0.121. The molecule has 0 bridgehead atoms. The van der Waals surface area contributed by atoms with Crippen molar-refractivity contribution in [2.45, 2.75) is 19.3 Å². The molecule has 0 unspecified atom stereocenters. The predicted molar refractivity (Wildman–Crippen MR) is 99.1 cm³/mol. The van der Waals surface area contributed by atoms with Gasteiger partial charge in [-0.2, -0.15) is 0 Å². The van der Waals surface area contributed by atoms with Crippen LogP contribution in [0.4, 0.5) is 0 Å². The van der Waals surface area contributed by atoms with Gasteiger partial charge in [0, 0.05) is 19.5 Å². The minimum atomic E-state index is -0.0963. The van der Waals surface area contributed by atoms with Gasteiger partial charge in [-0.3, -0.25) is 9.59 Å². The Kier molecular flexibility index (Phi) is 7.56. The molecular weight excluding hydrogens is 367 g/mol. The molecule has 0 saturated carbocycles. The van der Waals surface area contributed by atoms with E-state index < -0.39 is 0 Å². The van der Waals surface area contributed by atoms with Crippen molar-refractivity contribution in [2.75, 3.05) is 13.1 Å². The third kappa shape index (κ3) is 5.82. The van der Waals surface area contributed by atoms with Crippen LogP contribution in [0.3, 0.4) is 0 Å². The second kappa shape index (κ2) is 9.67. The Labute approximate surface area is 155 Å². The molecule has 24 heavy (non-hydrogen) atoms. The zero-order valence-corrected chi connectivity index (χ0v) is 15.3. The molecule has 1 aromatic carbocycles. The normalized spacial score (nSPS) is 10.4. The van der Waals surface area contributed by atoms with Gasteiger partial charge in [-0.15, -0.1) is 11.3 Å². The van der Waals surface area contributed by atoms with Gasteiger partial charge in [0.1, 0.15) is 0 Å². The van der Waals surface area contributed by atoms with E-state index in [0.717, 1.165) is 5.56 Å². The van der Waals surface area contributed by atoms with Crippen molar-refractivity contribution >= 4 is 46.4 Å². The van der Waals surface area contributed by atoms with Crippen LogP contribution in [-0.2, 0) is 11.2 Å². The molecule has 2 N–H and O–H groups in total. The Morgan fingerprint density at radius 1 is 1.04 bits per heavy atom. The van der Waals surface area contributed by atoms with Crippen molar-refractivity contribution in [2.24, 2.45) is 0 Å². The number of rotatable bonds is 8. The summed E-state index contributed by atoms with van der Waals surface area (Å²) in [6, 6.07) is 9.06. The van der Waals surface area contributed by atoms with Crippen LogP contribution in [0.2, 0.25) is 10.0 Å². The number of benzene rings is 1. The molecule has 0 saturated heterocycles. The van der Waals surface area contributed by atoms with Gasteiger partial charge >= 0.3 is 0 Å². The van der Waals surface area contributed by atoms with Crippen LogP contribution in [0.1, 0.15) is 28.1 Å². The first-order valence-corrected chi connectivity index (χ1v) is 9.23. The Morgan fingerprint density at radius 3 is 2.62 bits per heavy atom. The fraction of sp³-hybridized carbons (Fsp3) is 0.294. The van der Waals surface area contributed by atoms with Crippen molar-refractivity contribution in [3.63, 3.8) is 0 Å². The Morgan fingerprint density at radius 2 is 1.88 bits per heavy atom. The molecule has 0 aliphatic heterocycles. The lowest BCUT2D eigenvalue weighted by Gasteiger charge is -2.08. The van der Waals surface area contributed by atoms with E-state index in [1.54, 1.807) is 12.1 Å². The predicted octanol–water partition coefficient (Wildman–Crippen LogP) is 3.92. The van der Waals surface area contributed by atoms with Crippen molar-refractivity contribution < 1.29 is 9.59 Å². The molecule has 7 heteroatoms. The lowest BCUT2D eigenvalue weighted by Crippen LogP contribution is -2.28. The minimum Gasteiger partial charge on any atom is -0.356 e. The highest BCUT2D eigenvalue weighted by atomic mass is 35.5. The first kappa shape index (κ1) is 18.8. The third-order valence-corrected chi connectivity index (χ3v) is 5.09. The van der Waals surface area contributed by atoms with E-state index in [1.807, 2.05) is 23.6 Å². The standard InChI is InChI=1S/C17H18Cl2N2O2S/c18-13-5-1-4-12(16(13)19)8-10-20-15(22)7-2-9-21-17(23)14-6-3-11-24-14/h1,3-6,11H,2,7-10H2,(H,20,22)(H,21,23). The van der Waals surface area contributed by atoms with Crippen molar-refractivity contribution in [1.82, 2.24) is 10.6 Å². The molecule has 1 aromatic heterocycles. The number of nitrogens with one attached hydrogen (secondary N) is 2. The molecule has 128 valence electrons. The lowest BCUT2D eigenvalue weighted by atomic mass is 10.1. The Hall–Kier alpha value is -1.56. The number of carbonyl (C=O) groups excluding carboxylic acids is 2. The maximum Gasteiger partial charge on any atom is 0.261 e. The van der Waals surface area contributed by atoms with E-state index in [0.29, 0.717) is 47.3 Å². The van der Waals surface area contributed by atoms with Crippen LogP contribution in [0.25, 0.3) is 0 Å². The number of thiophene rings is 1. The van der Waals surface area contributed by atoms with E-state index in [1.165, 1.54) is 11.3 Å². The maximum atomic E-state index is 11.8. The Bertz CT molecular complexity index is 690. The van der Waals surface area contributed by atoms with Crippen molar-refractivity contribution in [3.05, 3.63) is 56.2 Å². The average molecular weight is 385 g/mol. The highest BCUT2D eigenvalue weighted by Crippen LogP contribution is 2.25. The summed E-state index contributed by atoms with van der Waals surface area (Å²) < 4.78 is 0. The fourth-order valence-electron chi connectivity index (χ4n) is 2.11. The highest BCUT2D eigenvalue weighted by molar-refractivity contribution is 7.12. The first-order chi connectivity index (χ1) is 11.6. The molecule has 4 nitrogen and oxygen atoms in total. The zero-order chi connectivity index (χ0) is 17.4. The summed E-state index contributed by atoms with van der Waals surface area (Å²) in [4.78, 5) is 24.2. The minimum absolute atomic E-state index is 0.0430. The number of hydrogen-bond acceptors (Lipinski definition) is 3. The number of amides is 2. The fourth-order valence-corrected chi connectivity index (χ4v) is 3.17. The Balaban J connectivity index is 1.60. The van der Waals surface area contributed by atoms with Crippen LogP contribution in [0, 0.1) is 0 Å². The van der Waals surface area contributed by atoms with Crippen LogP contribution in [-0.4, -0.2) is 24.9 Å². The van der Waals surface area contributed by atoms with Gasteiger partial charge in [-0.25, -0.2) is 0 Å². The van der Waals surface area contributed by atoms with Gasteiger partial charge < -0.3 is 10.6 Å². The average Bonchev–Trinajstić information content (AvgIpc) is 3.10. The summed E-state index contributed by atoms with van der Waals surface area (Å²) in [5.41, 5.74) is 0.910. The van der Waals surface area contributed by atoms with Crippen LogP contribution in [0.15, 0.2) is 35.7 Å². The van der Waals surface area contributed by atoms with Gasteiger partial charge in [0.2, 0.25) is 5.91 Å². The van der Waals surface area contributed by atoms with Crippen LogP contribution < -0.4 is 10.6 Å². The van der Waals surface area contributed by atoms with Gasteiger partial charge in [-0.1, -0.05) is 41.4 Å². The molecule has 0 atom stereocenters. The monoisotopic (exact) mass is 384 g/mol. The smallest absolute Gasteiger partial charge is 0.261 e. The quantitative estimate of drug-likeness (QED) is 0.677. The summed E-state index contributed by atoms with van der Waals surface area (Å²) in [5.74, 6) is -0.139. The van der Waals surface area contributed by atoms with E-state index in [2.05, 4.69) is 10.6 Å². The number of carbonyl (C=O) groups is 2.